The quantitative estimate of drug-likeness (QED) is 0.799. The molecule has 2 aromatic heterocycles. The van der Waals surface area contributed by atoms with Crippen LogP contribution in [0, 0.1) is 0 Å². The highest BCUT2D eigenvalue weighted by Crippen LogP contribution is 2.37. The molecule has 3 rings (SSSR count). The summed E-state index contributed by atoms with van der Waals surface area (Å²) in [5.41, 5.74) is 0.650. The van der Waals surface area contributed by atoms with E-state index in [1.54, 1.807) is 6.07 Å². The zero-order chi connectivity index (χ0) is 13.9. The van der Waals surface area contributed by atoms with Gasteiger partial charge in [0.2, 0.25) is 0 Å². The Morgan fingerprint density at radius 3 is 3.10 bits per heavy atom. The molecule has 20 heavy (non-hydrogen) atoms. The summed E-state index contributed by atoms with van der Waals surface area (Å²) < 4.78 is 1.98. The summed E-state index contributed by atoms with van der Waals surface area (Å²) in [6.45, 7) is 0.604. The lowest BCUT2D eigenvalue weighted by molar-refractivity contribution is 0.0943. The third kappa shape index (κ3) is 3.01. The number of aromatic nitrogens is 4. The molecule has 2 heterocycles. The first-order chi connectivity index (χ1) is 9.74. The van der Waals surface area contributed by atoms with Gasteiger partial charge in [0.05, 0.1) is 5.02 Å². The Labute approximate surface area is 121 Å². The molecule has 0 aliphatic heterocycles. The Bertz CT molecular complexity index is 588. The number of hydrogen-bond donors (Lipinski definition) is 2. The second kappa shape index (κ2) is 5.66. The highest BCUT2D eigenvalue weighted by Gasteiger charge is 2.27. The van der Waals surface area contributed by atoms with E-state index < -0.39 is 0 Å². The Hall–Kier alpha value is -1.82. The van der Waals surface area contributed by atoms with Crippen LogP contribution in [-0.4, -0.2) is 32.2 Å². The summed E-state index contributed by atoms with van der Waals surface area (Å²) in [4.78, 5) is 16.2. The molecule has 1 fully saturated rings. The number of carbonyl (C=O) groups is 1. The normalized spacial score (nSPS) is 14.4. The Balaban J connectivity index is 1.51. The van der Waals surface area contributed by atoms with E-state index in [0.29, 0.717) is 23.3 Å². The van der Waals surface area contributed by atoms with Gasteiger partial charge in [-0.1, -0.05) is 11.6 Å². The molecule has 0 spiro atoms. The van der Waals surface area contributed by atoms with Gasteiger partial charge >= 0.3 is 0 Å². The van der Waals surface area contributed by atoms with Crippen LogP contribution in [0.25, 0.3) is 0 Å². The van der Waals surface area contributed by atoms with Gasteiger partial charge < -0.3 is 9.88 Å². The predicted molar refractivity (Wildman–Crippen MR) is 74.7 cm³/mol. The summed E-state index contributed by atoms with van der Waals surface area (Å²) >= 11 is 5.99. The van der Waals surface area contributed by atoms with Crippen molar-refractivity contribution in [3.63, 3.8) is 0 Å². The van der Waals surface area contributed by atoms with Crippen molar-refractivity contribution in [3.8, 4) is 0 Å². The number of carbonyl (C=O) groups excluding carboxylic acids is 1. The fraction of sp³-hybridized carbons (Fsp3) is 0.462. The third-order valence-electron chi connectivity index (χ3n) is 3.33. The first-order valence-electron chi connectivity index (χ1n) is 6.74. The fourth-order valence-electron chi connectivity index (χ4n) is 2.18. The molecule has 1 amide bonds. The van der Waals surface area contributed by atoms with Crippen molar-refractivity contribution in [1.82, 2.24) is 25.1 Å². The minimum atomic E-state index is -0.0682. The van der Waals surface area contributed by atoms with Gasteiger partial charge in [-0.05, 0) is 25.3 Å². The second-order valence-electron chi connectivity index (χ2n) is 4.97. The van der Waals surface area contributed by atoms with E-state index in [9.17, 15) is 4.79 Å². The molecule has 1 aliphatic rings. The van der Waals surface area contributed by atoms with Crippen molar-refractivity contribution >= 4 is 17.5 Å². The summed E-state index contributed by atoms with van der Waals surface area (Å²) in [7, 11) is 0. The second-order valence-corrected chi connectivity index (χ2v) is 5.41. The lowest BCUT2D eigenvalue weighted by atomic mass is 10.3. The Kier molecular flexibility index (Phi) is 3.73. The third-order valence-corrected chi connectivity index (χ3v) is 3.54. The summed E-state index contributed by atoms with van der Waals surface area (Å²) in [5.74, 6) is 0.769. The molecule has 1 saturated carbocycles. The molecule has 0 radical (unpaired) electrons. The SMILES string of the molecule is O=C(NCCCc1ncn[nH]1)c1cc(Cl)cn1C1CC1. The molecule has 0 unspecified atom stereocenters. The molecular formula is C13H16ClN5O. The monoisotopic (exact) mass is 293 g/mol. The largest absolute Gasteiger partial charge is 0.351 e. The van der Waals surface area contributed by atoms with Crippen LogP contribution in [0.5, 0.6) is 0 Å². The van der Waals surface area contributed by atoms with Crippen molar-refractivity contribution in [2.24, 2.45) is 0 Å². The molecular weight excluding hydrogens is 278 g/mol. The lowest BCUT2D eigenvalue weighted by Crippen LogP contribution is -2.27. The van der Waals surface area contributed by atoms with Gasteiger partial charge in [-0.25, -0.2) is 4.98 Å². The summed E-state index contributed by atoms with van der Waals surface area (Å²) in [6, 6.07) is 2.17. The zero-order valence-electron chi connectivity index (χ0n) is 11.0. The Morgan fingerprint density at radius 1 is 1.55 bits per heavy atom. The maximum Gasteiger partial charge on any atom is 0.267 e. The van der Waals surface area contributed by atoms with Crippen molar-refractivity contribution in [2.75, 3.05) is 6.54 Å². The Morgan fingerprint density at radius 2 is 2.40 bits per heavy atom. The number of aryl methyl sites for hydroxylation is 1. The highest BCUT2D eigenvalue weighted by atomic mass is 35.5. The first-order valence-corrected chi connectivity index (χ1v) is 7.11. The zero-order valence-corrected chi connectivity index (χ0v) is 11.7. The number of halogens is 1. The molecule has 6 nitrogen and oxygen atoms in total. The van der Waals surface area contributed by atoms with E-state index in [1.807, 2.05) is 10.8 Å². The van der Waals surface area contributed by atoms with Crippen LogP contribution in [0.2, 0.25) is 5.02 Å². The molecule has 2 N–H and O–H groups in total. The maximum atomic E-state index is 12.1. The molecule has 0 aromatic carbocycles. The highest BCUT2D eigenvalue weighted by molar-refractivity contribution is 6.31. The van der Waals surface area contributed by atoms with Crippen molar-refractivity contribution in [3.05, 3.63) is 35.1 Å². The van der Waals surface area contributed by atoms with Crippen LogP contribution in [0.15, 0.2) is 18.6 Å². The maximum absolute atomic E-state index is 12.1. The lowest BCUT2D eigenvalue weighted by Gasteiger charge is -2.08. The minimum absolute atomic E-state index is 0.0682. The van der Waals surface area contributed by atoms with Crippen LogP contribution >= 0.6 is 11.6 Å². The van der Waals surface area contributed by atoms with Gasteiger partial charge in [0.15, 0.2) is 0 Å². The van der Waals surface area contributed by atoms with Crippen molar-refractivity contribution in [1.29, 1.82) is 0 Å². The predicted octanol–water partition coefficient (Wildman–Crippen LogP) is 1.96. The molecule has 0 saturated heterocycles. The van der Waals surface area contributed by atoms with Crippen LogP contribution in [-0.2, 0) is 6.42 Å². The molecule has 1 aliphatic carbocycles. The van der Waals surface area contributed by atoms with Gasteiger partial charge in [0.1, 0.15) is 17.8 Å². The van der Waals surface area contributed by atoms with Crippen molar-refractivity contribution in [2.45, 2.75) is 31.7 Å². The van der Waals surface area contributed by atoms with Gasteiger partial charge in [0, 0.05) is 25.2 Å². The van der Waals surface area contributed by atoms with Gasteiger partial charge in [-0.3, -0.25) is 9.89 Å². The van der Waals surface area contributed by atoms with E-state index in [0.717, 1.165) is 31.5 Å². The number of nitrogens with zero attached hydrogens (tertiary/aromatic N) is 3. The van der Waals surface area contributed by atoms with Crippen LogP contribution in [0.4, 0.5) is 0 Å². The van der Waals surface area contributed by atoms with Crippen LogP contribution in [0.3, 0.4) is 0 Å². The van der Waals surface area contributed by atoms with Gasteiger partial charge in [0.25, 0.3) is 5.91 Å². The van der Waals surface area contributed by atoms with Crippen LogP contribution in [0.1, 0.15) is 41.6 Å². The molecule has 7 heteroatoms. The summed E-state index contributed by atoms with van der Waals surface area (Å²) in [6.07, 6.45) is 7.15. The van der Waals surface area contributed by atoms with E-state index in [-0.39, 0.29) is 5.91 Å². The fourth-order valence-corrected chi connectivity index (χ4v) is 2.39. The number of aromatic amines is 1. The first kappa shape index (κ1) is 13.2. The average molecular weight is 294 g/mol. The van der Waals surface area contributed by atoms with E-state index in [4.69, 9.17) is 11.6 Å². The molecule has 2 aromatic rings. The van der Waals surface area contributed by atoms with Gasteiger partial charge in [-0.2, -0.15) is 5.10 Å². The average Bonchev–Trinajstić information content (AvgIpc) is 3.00. The number of H-pyrrole nitrogens is 1. The standard InChI is InChI=1S/C13H16ClN5O/c14-9-6-11(19(7-9)10-3-4-10)13(20)15-5-1-2-12-16-8-17-18-12/h6-8,10H,1-5H2,(H,15,20)(H,16,17,18). The molecule has 0 atom stereocenters. The van der Waals surface area contributed by atoms with E-state index in [1.165, 1.54) is 6.33 Å². The number of rotatable bonds is 6. The summed E-state index contributed by atoms with van der Waals surface area (Å²) in [5, 5.41) is 10.1. The smallest absolute Gasteiger partial charge is 0.267 e. The molecule has 0 bridgehead atoms. The van der Waals surface area contributed by atoms with Crippen molar-refractivity contribution < 1.29 is 4.79 Å². The topological polar surface area (TPSA) is 75.6 Å². The minimum Gasteiger partial charge on any atom is -0.351 e. The van der Waals surface area contributed by atoms with Crippen LogP contribution < -0.4 is 5.32 Å². The number of hydrogen-bond acceptors (Lipinski definition) is 3. The van der Waals surface area contributed by atoms with Gasteiger partial charge in [-0.15, -0.1) is 0 Å². The molecule has 106 valence electrons. The van der Waals surface area contributed by atoms with E-state index >= 15 is 0 Å². The number of amides is 1. The number of nitrogens with one attached hydrogen (secondary N) is 2. The van der Waals surface area contributed by atoms with E-state index in [2.05, 4.69) is 20.5 Å².